The fourth-order valence-corrected chi connectivity index (χ4v) is 2.49. The molecule has 6 heteroatoms. The number of aromatic nitrogens is 2. The summed E-state index contributed by atoms with van der Waals surface area (Å²) in [7, 11) is 0. The first-order valence-corrected chi connectivity index (χ1v) is 7.36. The second-order valence-electron chi connectivity index (χ2n) is 4.42. The van der Waals surface area contributed by atoms with Crippen LogP contribution in [0.4, 0.5) is 0 Å². The van der Waals surface area contributed by atoms with Crippen LogP contribution in [0.15, 0.2) is 52.3 Å². The van der Waals surface area contributed by atoms with Crippen LogP contribution in [-0.4, -0.2) is 16.1 Å². The van der Waals surface area contributed by atoms with Crippen molar-refractivity contribution >= 4 is 17.2 Å². The van der Waals surface area contributed by atoms with Gasteiger partial charge in [0.25, 0.3) is 5.89 Å². The molecule has 0 unspecified atom stereocenters. The molecule has 1 aromatic carbocycles. The Bertz CT molecular complexity index is 708. The molecular weight excluding hydrogens is 286 g/mol. The van der Waals surface area contributed by atoms with Gasteiger partial charge in [-0.25, -0.2) is 0 Å². The number of amides is 1. The van der Waals surface area contributed by atoms with Gasteiger partial charge in [0.05, 0.1) is 17.8 Å². The molecule has 5 nitrogen and oxygen atoms in total. The summed E-state index contributed by atoms with van der Waals surface area (Å²) in [6.07, 6.45) is 0.340. The summed E-state index contributed by atoms with van der Waals surface area (Å²) in [5, 5.41) is 12.6. The zero-order valence-corrected chi connectivity index (χ0v) is 12.0. The zero-order chi connectivity index (χ0) is 14.5. The molecule has 0 saturated heterocycles. The molecule has 0 spiro atoms. The third-order valence-corrected chi connectivity index (χ3v) is 3.70. The van der Waals surface area contributed by atoms with Crippen LogP contribution in [0.25, 0.3) is 10.8 Å². The second-order valence-corrected chi connectivity index (χ2v) is 5.37. The van der Waals surface area contributed by atoms with Gasteiger partial charge in [-0.1, -0.05) is 36.4 Å². The largest absolute Gasteiger partial charge is 0.418 e. The molecule has 21 heavy (non-hydrogen) atoms. The van der Waals surface area contributed by atoms with E-state index in [-0.39, 0.29) is 12.5 Å². The lowest BCUT2D eigenvalue weighted by molar-refractivity contribution is -0.120. The van der Waals surface area contributed by atoms with Crippen LogP contribution in [0, 0.1) is 0 Å². The van der Waals surface area contributed by atoms with Gasteiger partial charge in [0.15, 0.2) is 0 Å². The van der Waals surface area contributed by atoms with Crippen molar-refractivity contribution < 1.29 is 9.21 Å². The van der Waals surface area contributed by atoms with E-state index < -0.39 is 0 Å². The van der Waals surface area contributed by atoms with Gasteiger partial charge < -0.3 is 9.73 Å². The maximum Gasteiger partial charge on any atom is 0.257 e. The highest BCUT2D eigenvalue weighted by Gasteiger charge is 2.10. The molecule has 0 aliphatic carbocycles. The quantitative estimate of drug-likeness (QED) is 0.786. The van der Waals surface area contributed by atoms with Crippen molar-refractivity contribution in [3.05, 3.63) is 59.3 Å². The maximum absolute atomic E-state index is 11.8. The summed E-state index contributed by atoms with van der Waals surface area (Å²) in [4.78, 5) is 12.7. The van der Waals surface area contributed by atoms with Crippen LogP contribution in [0.2, 0.25) is 0 Å². The van der Waals surface area contributed by atoms with Gasteiger partial charge in [-0.3, -0.25) is 4.79 Å². The summed E-state index contributed by atoms with van der Waals surface area (Å²) >= 11 is 1.53. The van der Waals surface area contributed by atoms with Crippen LogP contribution < -0.4 is 5.32 Å². The van der Waals surface area contributed by atoms with E-state index in [9.17, 15) is 4.79 Å². The number of hydrogen-bond acceptors (Lipinski definition) is 5. The fraction of sp³-hybridized carbons (Fsp3) is 0.133. The molecule has 3 aromatic rings. The average Bonchev–Trinajstić information content (AvgIpc) is 3.17. The van der Waals surface area contributed by atoms with Crippen LogP contribution in [0.5, 0.6) is 0 Å². The van der Waals surface area contributed by atoms with Crippen LogP contribution in [0.3, 0.4) is 0 Å². The minimum atomic E-state index is -0.0722. The predicted molar refractivity (Wildman–Crippen MR) is 79.6 cm³/mol. The first-order valence-electron chi connectivity index (χ1n) is 6.48. The molecule has 0 fully saturated rings. The number of carbonyl (C=O) groups is 1. The Kier molecular flexibility index (Phi) is 4.07. The van der Waals surface area contributed by atoms with Crippen molar-refractivity contribution in [2.45, 2.75) is 13.0 Å². The first-order chi connectivity index (χ1) is 10.3. The Morgan fingerprint density at radius 2 is 2.00 bits per heavy atom. The van der Waals surface area contributed by atoms with E-state index >= 15 is 0 Å². The van der Waals surface area contributed by atoms with E-state index in [0.29, 0.717) is 18.2 Å². The van der Waals surface area contributed by atoms with E-state index in [2.05, 4.69) is 15.5 Å². The topological polar surface area (TPSA) is 68.0 Å². The minimum Gasteiger partial charge on any atom is -0.418 e. The number of nitrogens with zero attached hydrogens (tertiary/aromatic N) is 2. The third-order valence-electron chi connectivity index (χ3n) is 2.84. The summed E-state index contributed by atoms with van der Waals surface area (Å²) in [5.41, 5.74) is 0.972. The molecule has 2 aromatic heterocycles. The maximum atomic E-state index is 11.8. The molecule has 2 heterocycles. The number of benzene rings is 1. The molecule has 1 amide bonds. The number of hydrogen-bond donors (Lipinski definition) is 1. The summed E-state index contributed by atoms with van der Waals surface area (Å²) in [5.74, 6) is 0.814. The Morgan fingerprint density at radius 3 is 2.76 bits per heavy atom. The molecule has 106 valence electrons. The molecule has 0 radical (unpaired) electrons. The van der Waals surface area contributed by atoms with Crippen molar-refractivity contribution in [2.24, 2.45) is 0 Å². The smallest absolute Gasteiger partial charge is 0.257 e. The van der Waals surface area contributed by atoms with Crippen molar-refractivity contribution in [3.8, 4) is 10.8 Å². The van der Waals surface area contributed by atoms with Gasteiger partial charge in [-0.2, -0.15) is 0 Å². The molecule has 0 atom stereocenters. The van der Waals surface area contributed by atoms with E-state index in [4.69, 9.17) is 4.42 Å². The Morgan fingerprint density at radius 1 is 1.14 bits per heavy atom. The van der Waals surface area contributed by atoms with E-state index in [1.807, 2.05) is 47.8 Å². The van der Waals surface area contributed by atoms with E-state index in [1.54, 1.807) is 0 Å². The van der Waals surface area contributed by atoms with Gasteiger partial charge in [0.1, 0.15) is 0 Å². The fourth-order valence-electron chi connectivity index (χ4n) is 1.84. The highest BCUT2D eigenvalue weighted by Crippen LogP contribution is 2.22. The Hall–Kier alpha value is -2.47. The molecule has 0 saturated carbocycles. The van der Waals surface area contributed by atoms with Gasteiger partial charge in [-0.15, -0.1) is 21.5 Å². The summed E-state index contributed by atoms with van der Waals surface area (Å²) < 4.78 is 5.50. The van der Waals surface area contributed by atoms with Crippen LogP contribution >= 0.6 is 11.3 Å². The molecule has 0 aliphatic heterocycles. The van der Waals surface area contributed by atoms with Crippen molar-refractivity contribution in [1.82, 2.24) is 15.5 Å². The molecule has 0 aliphatic rings. The monoisotopic (exact) mass is 299 g/mol. The highest BCUT2D eigenvalue weighted by molar-refractivity contribution is 7.13. The van der Waals surface area contributed by atoms with Crippen molar-refractivity contribution in [1.29, 1.82) is 0 Å². The molecule has 3 rings (SSSR count). The molecule has 1 N–H and O–H groups in total. The molecule has 0 bridgehead atoms. The highest BCUT2D eigenvalue weighted by atomic mass is 32.1. The standard InChI is InChI=1S/C15H13N3O2S/c19-13(9-11-5-2-1-3-6-11)16-10-14-17-18-15(20-14)12-7-4-8-21-12/h1-8H,9-10H2,(H,16,19). The minimum absolute atomic E-state index is 0.0722. The SMILES string of the molecule is O=C(Cc1ccccc1)NCc1nnc(-c2cccs2)o1. The number of thiophene rings is 1. The lowest BCUT2D eigenvalue weighted by Gasteiger charge is -2.02. The Balaban J connectivity index is 1.54. The number of rotatable bonds is 5. The zero-order valence-electron chi connectivity index (χ0n) is 11.2. The van der Waals surface area contributed by atoms with Gasteiger partial charge in [0, 0.05) is 0 Å². The lowest BCUT2D eigenvalue weighted by Crippen LogP contribution is -2.24. The van der Waals surface area contributed by atoms with Gasteiger partial charge in [-0.05, 0) is 17.0 Å². The normalized spacial score (nSPS) is 10.5. The summed E-state index contributed by atoms with van der Waals surface area (Å²) in [6.45, 7) is 0.240. The number of nitrogens with one attached hydrogen (secondary N) is 1. The molecular formula is C15H13N3O2S. The van der Waals surface area contributed by atoms with E-state index in [1.165, 1.54) is 11.3 Å². The lowest BCUT2D eigenvalue weighted by atomic mass is 10.1. The van der Waals surface area contributed by atoms with Crippen molar-refractivity contribution in [2.75, 3.05) is 0 Å². The number of carbonyl (C=O) groups excluding carboxylic acids is 1. The average molecular weight is 299 g/mol. The summed E-state index contributed by atoms with van der Waals surface area (Å²) in [6, 6.07) is 13.4. The van der Waals surface area contributed by atoms with Gasteiger partial charge >= 0.3 is 0 Å². The Labute approximate surface area is 125 Å². The van der Waals surface area contributed by atoms with Crippen LogP contribution in [-0.2, 0) is 17.8 Å². The third kappa shape index (κ3) is 3.55. The first kappa shape index (κ1) is 13.5. The second kappa shape index (κ2) is 6.32. The van der Waals surface area contributed by atoms with E-state index in [0.717, 1.165) is 10.4 Å². The van der Waals surface area contributed by atoms with Gasteiger partial charge in [0.2, 0.25) is 11.8 Å². The predicted octanol–water partition coefficient (Wildman–Crippen LogP) is 2.66. The van der Waals surface area contributed by atoms with Crippen LogP contribution in [0.1, 0.15) is 11.5 Å². The van der Waals surface area contributed by atoms with Crippen molar-refractivity contribution in [3.63, 3.8) is 0 Å².